The molecule has 0 heterocycles. The number of hydrogen-bond acceptors (Lipinski definition) is 2. The molecule has 0 aliphatic heterocycles. The van der Waals surface area contributed by atoms with E-state index in [0.29, 0.717) is 0 Å². The first kappa shape index (κ1) is 10.3. The molecular formula is C6H8Br2O2. The number of carbonyl (C=O) groups is 2. The minimum Gasteiger partial charge on any atom is -0.287 e. The minimum absolute atomic E-state index is 0.146. The van der Waals surface area contributed by atoms with Gasteiger partial charge in [-0.2, -0.15) is 0 Å². The van der Waals surface area contributed by atoms with Crippen molar-refractivity contribution in [1.29, 1.82) is 0 Å². The summed E-state index contributed by atoms with van der Waals surface area (Å²) in [6.07, 6.45) is 0.219. The Morgan fingerprint density at radius 1 is 1.30 bits per heavy atom. The molecule has 0 saturated heterocycles. The van der Waals surface area contributed by atoms with E-state index in [0.717, 1.165) is 0 Å². The maximum atomic E-state index is 10.7. The van der Waals surface area contributed by atoms with Crippen LogP contribution in [0, 0.1) is 5.41 Å². The normalized spacial score (nSPS) is 11.2. The Bertz CT molecular complexity index is 163. The third-order valence-corrected chi connectivity index (χ3v) is 2.47. The molecule has 0 aromatic rings. The summed E-state index contributed by atoms with van der Waals surface area (Å²) < 4.78 is -0.293. The van der Waals surface area contributed by atoms with Crippen molar-refractivity contribution in [2.75, 3.05) is 0 Å². The molecule has 0 fully saturated rings. The molecule has 0 aromatic carbocycles. The van der Waals surface area contributed by atoms with Gasteiger partial charge in [-0.3, -0.25) is 9.59 Å². The van der Waals surface area contributed by atoms with E-state index < -0.39 is 5.41 Å². The molecule has 0 atom stereocenters. The van der Waals surface area contributed by atoms with Crippen molar-refractivity contribution in [1.82, 2.24) is 0 Å². The summed E-state index contributed by atoms with van der Waals surface area (Å²) in [7, 11) is 0. The van der Waals surface area contributed by atoms with Gasteiger partial charge in [0.2, 0.25) is 4.69 Å². The van der Waals surface area contributed by atoms with E-state index in [-0.39, 0.29) is 15.8 Å². The number of halogens is 2. The first-order valence-electron chi connectivity index (χ1n) is 2.74. The van der Waals surface area contributed by atoms with Crippen molar-refractivity contribution < 1.29 is 9.59 Å². The monoisotopic (exact) mass is 270 g/mol. The second-order valence-electron chi connectivity index (χ2n) is 2.69. The van der Waals surface area contributed by atoms with Crippen molar-refractivity contribution >= 4 is 41.2 Å². The fourth-order valence-corrected chi connectivity index (χ4v) is 1.26. The van der Waals surface area contributed by atoms with Crippen LogP contribution in [0.3, 0.4) is 0 Å². The molecule has 2 nitrogen and oxygen atoms in total. The number of carbonyl (C=O) groups excluding carboxylic acids is 2. The molecular weight excluding hydrogens is 264 g/mol. The highest BCUT2D eigenvalue weighted by Crippen LogP contribution is 2.25. The van der Waals surface area contributed by atoms with Crippen LogP contribution in [0.5, 0.6) is 0 Å². The predicted octanol–water partition coefficient (Wildman–Crippen LogP) is 2.25. The van der Waals surface area contributed by atoms with Gasteiger partial charge in [0.25, 0.3) is 0 Å². The van der Waals surface area contributed by atoms with Crippen LogP contribution in [0.15, 0.2) is 0 Å². The van der Waals surface area contributed by atoms with E-state index in [2.05, 4.69) is 31.9 Å². The quantitative estimate of drug-likeness (QED) is 0.738. The lowest BCUT2D eigenvalue weighted by atomic mass is 9.92. The maximum Gasteiger partial charge on any atom is 0.203 e. The van der Waals surface area contributed by atoms with Gasteiger partial charge in [0, 0.05) is 11.8 Å². The largest absolute Gasteiger partial charge is 0.287 e. The molecule has 58 valence electrons. The minimum atomic E-state index is -0.597. The van der Waals surface area contributed by atoms with Gasteiger partial charge < -0.3 is 0 Å². The first-order valence-corrected chi connectivity index (χ1v) is 4.33. The van der Waals surface area contributed by atoms with E-state index >= 15 is 0 Å². The van der Waals surface area contributed by atoms with Crippen LogP contribution in [-0.2, 0) is 9.59 Å². The summed E-state index contributed by atoms with van der Waals surface area (Å²) in [5, 5.41) is 0. The predicted molar refractivity (Wildman–Crippen MR) is 46.3 cm³/mol. The Balaban J connectivity index is 4.13. The molecule has 0 unspecified atom stereocenters. The zero-order chi connectivity index (χ0) is 8.36. The topological polar surface area (TPSA) is 34.1 Å². The van der Waals surface area contributed by atoms with Gasteiger partial charge in [0.15, 0.2) is 4.69 Å². The average molecular weight is 272 g/mol. The molecule has 0 rings (SSSR count). The highest BCUT2D eigenvalue weighted by Gasteiger charge is 2.27. The standard InChI is InChI=1S/C6H8Br2O2/c1-6(2,5(8)10)3-4(7)9/h3H2,1-2H3. The molecule has 0 spiro atoms. The molecule has 4 heteroatoms. The van der Waals surface area contributed by atoms with Gasteiger partial charge in [-0.1, -0.05) is 13.8 Å². The van der Waals surface area contributed by atoms with E-state index in [1.807, 2.05) is 0 Å². The van der Waals surface area contributed by atoms with Gasteiger partial charge >= 0.3 is 0 Å². The second-order valence-corrected chi connectivity index (χ2v) is 4.29. The van der Waals surface area contributed by atoms with Crippen molar-refractivity contribution in [3.05, 3.63) is 0 Å². The SMILES string of the molecule is CC(C)(CC(=O)Br)C(=O)Br. The maximum absolute atomic E-state index is 10.7. The lowest BCUT2D eigenvalue weighted by Crippen LogP contribution is -2.21. The summed E-state index contributed by atoms with van der Waals surface area (Å²) in [4.78, 5) is 21.3. The summed E-state index contributed by atoms with van der Waals surface area (Å²) in [6.45, 7) is 3.42. The van der Waals surface area contributed by atoms with E-state index in [9.17, 15) is 9.59 Å². The summed E-state index contributed by atoms with van der Waals surface area (Å²) in [5.74, 6) is 0. The van der Waals surface area contributed by atoms with Crippen LogP contribution >= 0.6 is 31.9 Å². The molecule has 0 N–H and O–H groups in total. The van der Waals surface area contributed by atoms with E-state index in [1.165, 1.54) is 0 Å². The highest BCUT2D eigenvalue weighted by molar-refractivity contribution is 9.18. The molecule has 0 aromatic heterocycles. The molecule has 0 bridgehead atoms. The molecule has 0 amide bonds. The third-order valence-electron chi connectivity index (χ3n) is 1.11. The molecule has 0 aliphatic rings. The van der Waals surface area contributed by atoms with Gasteiger partial charge in [0.1, 0.15) is 0 Å². The average Bonchev–Trinajstić information content (AvgIpc) is 1.60. The van der Waals surface area contributed by atoms with Crippen LogP contribution in [0.2, 0.25) is 0 Å². The fourth-order valence-electron chi connectivity index (χ4n) is 0.417. The second kappa shape index (κ2) is 3.62. The Labute approximate surface area is 76.6 Å². The smallest absolute Gasteiger partial charge is 0.203 e. The molecule has 0 saturated carbocycles. The van der Waals surface area contributed by atoms with Crippen molar-refractivity contribution in [2.24, 2.45) is 5.41 Å². The van der Waals surface area contributed by atoms with Crippen molar-refractivity contribution in [2.45, 2.75) is 20.3 Å². The summed E-state index contributed by atoms with van der Waals surface area (Å²) in [6, 6.07) is 0. The van der Waals surface area contributed by atoms with Crippen molar-refractivity contribution in [3.63, 3.8) is 0 Å². The number of rotatable bonds is 3. The first-order chi connectivity index (χ1) is 4.36. The Hall–Kier alpha value is 0.300. The lowest BCUT2D eigenvalue weighted by molar-refractivity contribution is -0.122. The fraction of sp³-hybridized carbons (Fsp3) is 0.667. The van der Waals surface area contributed by atoms with Crippen LogP contribution in [-0.4, -0.2) is 9.39 Å². The zero-order valence-corrected chi connectivity index (χ0v) is 8.95. The van der Waals surface area contributed by atoms with Gasteiger partial charge in [-0.15, -0.1) is 0 Å². The molecule has 10 heavy (non-hydrogen) atoms. The van der Waals surface area contributed by atoms with Gasteiger partial charge in [-0.05, 0) is 31.9 Å². The zero-order valence-electron chi connectivity index (χ0n) is 5.78. The van der Waals surface area contributed by atoms with E-state index in [4.69, 9.17) is 0 Å². The summed E-state index contributed by atoms with van der Waals surface area (Å²) >= 11 is 5.58. The summed E-state index contributed by atoms with van der Waals surface area (Å²) in [5.41, 5.74) is -0.597. The van der Waals surface area contributed by atoms with Gasteiger partial charge in [-0.25, -0.2) is 0 Å². The number of hydrogen-bond donors (Lipinski definition) is 0. The third kappa shape index (κ3) is 3.46. The molecule has 0 aliphatic carbocycles. The Morgan fingerprint density at radius 3 is 1.80 bits per heavy atom. The Kier molecular flexibility index (Phi) is 3.73. The van der Waals surface area contributed by atoms with Crippen LogP contribution in [0.25, 0.3) is 0 Å². The lowest BCUT2D eigenvalue weighted by Gasteiger charge is -2.16. The highest BCUT2D eigenvalue weighted by atomic mass is 79.9. The van der Waals surface area contributed by atoms with E-state index in [1.54, 1.807) is 13.8 Å². The van der Waals surface area contributed by atoms with Crippen molar-refractivity contribution in [3.8, 4) is 0 Å². The molecule has 0 radical (unpaired) electrons. The van der Waals surface area contributed by atoms with Gasteiger partial charge in [0.05, 0.1) is 0 Å². The van der Waals surface area contributed by atoms with Crippen LogP contribution in [0.4, 0.5) is 0 Å². The Morgan fingerprint density at radius 2 is 1.70 bits per heavy atom. The van der Waals surface area contributed by atoms with Crippen LogP contribution in [0.1, 0.15) is 20.3 Å². The van der Waals surface area contributed by atoms with Crippen LogP contribution < -0.4 is 0 Å².